The summed E-state index contributed by atoms with van der Waals surface area (Å²) in [5.41, 5.74) is 7.08. The van der Waals surface area contributed by atoms with Crippen LogP contribution in [-0.2, 0) is 6.54 Å². The van der Waals surface area contributed by atoms with E-state index in [-0.39, 0.29) is 12.4 Å². The number of hydrogen-bond acceptors (Lipinski definition) is 2. The largest absolute Gasteiger partial charge is 0.371 e. The van der Waals surface area contributed by atoms with E-state index in [1.165, 1.54) is 0 Å². The Bertz CT molecular complexity index is 390. The highest BCUT2D eigenvalue weighted by atomic mass is 19.1. The molecule has 0 amide bonds. The van der Waals surface area contributed by atoms with Crippen molar-refractivity contribution in [2.75, 3.05) is 18.0 Å². The Morgan fingerprint density at radius 2 is 1.60 bits per heavy atom. The van der Waals surface area contributed by atoms with Crippen molar-refractivity contribution in [3.05, 3.63) is 29.6 Å². The quantitative estimate of drug-likeness (QED) is 0.774. The minimum absolute atomic E-state index is 0.191. The first-order valence-corrected chi connectivity index (χ1v) is 7.67. The fourth-order valence-corrected chi connectivity index (χ4v) is 2.10. The average molecular weight is 280 g/mol. The molecule has 0 aliphatic rings. The fourth-order valence-electron chi connectivity index (χ4n) is 2.10. The molecule has 0 fully saturated rings. The molecule has 20 heavy (non-hydrogen) atoms. The van der Waals surface area contributed by atoms with E-state index in [9.17, 15) is 4.39 Å². The van der Waals surface area contributed by atoms with Gasteiger partial charge in [0.2, 0.25) is 0 Å². The van der Waals surface area contributed by atoms with E-state index in [1.54, 1.807) is 6.07 Å². The zero-order chi connectivity index (χ0) is 15.1. The molecule has 0 radical (unpaired) electrons. The molecule has 3 heteroatoms. The number of halogens is 1. The maximum Gasteiger partial charge on any atom is 0.129 e. The second kappa shape index (κ2) is 8.25. The topological polar surface area (TPSA) is 29.3 Å². The Morgan fingerprint density at radius 3 is 2.00 bits per heavy atom. The fraction of sp³-hybridized carbons (Fsp3) is 0.647. The third-order valence-corrected chi connectivity index (χ3v) is 3.57. The lowest BCUT2D eigenvalue weighted by Gasteiger charge is -2.27. The van der Waals surface area contributed by atoms with E-state index in [0.29, 0.717) is 17.4 Å². The van der Waals surface area contributed by atoms with Gasteiger partial charge in [-0.3, -0.25) is 0 Å². The van der Waals surface area contributed by atoms with Crippen LogP contribution >= 0.6 is 0 Å². The van der Waals surface area contributed by atoms with E-state index >= 15 is 0 Å². The standard InChI is InChI=1S/C17H29FN2/c1-13(2)7-9-20(10-8-14(3)4)16-6-5-15(12-19)17(18)11-16/h5-6,11,13-14H,7-10,12,19H2,1-4H3. The molecule has 0 aliphatic carbocycles. The van der Waals surface area contributed by atoms with E-state index in [0.717, 1.165) is 31.6 Å². The molecule has 1 rings (SSSR count). The summed E-state index contributed by atoms with van der Waals surface area (Å²) in [6, 6.07) is 5.43. The molecular weight excluding hydrogens is 251 g/mol. The van der Waals surface area contributed by atoms with Gasteiger partial charge in [-0.05, 0) is 36.8 Å². The molecule has 1 aromatic rings. The van der Waals surface area contributed by atoms with Crippen LogP contribution < -0.4 is 10.6 Å². The van der Waals surface area contributed by atoms with Gasteiger partial charge in [-0.1, -0.05) is 33.8 Å². The lowest BCUT2D eigenvalue weighted by Crippen LogP contribution is -2.27. The van der Waals surface area contributed by atoms with Crippen LogP contribution in [0.1, 0.15) is 46.1 Å². The number of rotatable bonds is 8. The van der Waals surface area contributed by atoms with Crippen LogP contribution in [0.3, 0.4) is 0 Å². The molecule has 1 aromatic carbocycles. The third kappa shape index (κ3) is 5.49. The first-order chi connectivity index (χ1) is 9.43. The van der Waals surface area contributed by atoms with Crippen molar-refractivity contribution in [2.24, 2.45) is 17.6 Å². The second-order valence-corrected chi connectivity index (χ2v) is 6.33. The number of hydrogen-bond donors (Lipinski definition) is 1. The van der Waals surface area contributed by atoms with E-state index in [2.05, 4.69) is 32.6 Å². The van der Waals surface area contributed by atoms with Crippen molar-refractivity contribution in [3.8, 4) is 0 Å². The number of benzene rings is 1. The van der Waals surface area contributed by atoms with Gasteiger partial charge in [0.25, 0.3) is 0 Å². The summed E-state index contributed by atoms with van der Waals surface area (Å²) >= 11 is 0. The Balaban J connectivity index is 2.82. The molecule has 0 saturated carbocycles. The van der Waals surface area contributed by atoms with Crippen molar-refractivity contribution < 1.29 is 4.39 Å². The van der Waals surface area contributed by atoms with Crippen LogP contribution in [0.5, 0.6) is 0 Å². The minimum Gasteiger partial charge on any atom is -0.371 e. The lowest BCUT2D eigenvalue weighted by atomic mass is 10.1. The van der Waals surface area contributed by atoms with E-state index in [1.807, 2.05) is 12.1 Å². The Morgan fingerprint density at radius 1 is 1.05 bits per heavy atom. The number of nitrogens with two attached hydrogens (primary N) is 1. The molecule has 2 nitrogen and oxygen atoms in total. The van der Waals surface area contributed by atoms with Gasteiger partial charge in [0.1, 0.15) is 5.82 Å². The molecule has 0 unspecified atom stereocenters. The Labute approximate surface area is 123 Å². The smallest absolute Gasteiger partial charge is 0.129 e. The third-order valence-electron chi connectivity index (χ3n) is 3.57. The van der Waals surface area contributed by atoms with Gasteiger partial charge in [-0.15, -0.1) is 0 Å². The molecule has 0 heterocycles. The normalized spacial score (nSPS) is 11.4. The highest BCUT2D eigenvalue weighted by molar-refractivity contribution is 5.48. The van der Waals surface area contributed by atoms with Gasteiger partial charge in [-0.25, -0.2) is 4.39 Å². The summed E-state index contributed by atoms with van der Waals surface area (Å²) in [6.07, 6.45) is 2.25. The van der Waals surface area contributed by atoms with Crippen LogP contribution in [0, 0.1) is 17.7 Å². The first kappa shape index (κ1) is 17.0. The minimum atomic E-state index is -0.191. The van der Waals surface area contributed by atoms with Crippen LogP contribution in [-0.4, -0.2) is 13.1 Å². The molecule has 0 bridgehead atoms. The Kier molecular flexibility index (Phi) is 7.00. The van der Waals surface area contributed by atoms with Crippen molar-refractivity contribution in [3.63, 3.8) is 0 Å². The molecule has 0 atom stereocenters. The summed E-state index contributed by atoms with van der Waals surface area (Å²) in [7, 11) is 0. The average Bonchev–Trinajstić information content (AvgIpc) is 2.38. The molecular formula is C17H29FN2. The van der Waals surface area contributed by atoms with Crippen LogP contribution in [0.2, 0.25) is 0 Å². The summed E-state index contributed by atoms with van der Waals surface area (Å²) in [5, 5.41) is 0. The highest BCUT2D eigenvalue weighted by Crippen LogP contribution is 2.21. The van der Waals surface area contributed by atoms with Crippen molar-refractivity contribution in [2.45, 2.75) is 47.1 Å². The van der Waals surface area contributed by atoms with Crippen LogP contribution in [0.15, 0.2) is 18.2 Å². The molecule has 114 valence electrons. The molecule has 0 saturated heterocycles. The van der Waals surface area contributed by atoms with Gasteiger partial charge >= 0.3 is 0 Å². The van der Waals surface area contributed by atoms with Crippen LogP contribution in [0.4, 0.5) is 10.1 Å². The maximum absolute atomic E-state index is 13.9. The predicted octanol–water partition coefficient (Wildman–Crippen LogP) is 4.18. The summed E-state index contributed by atoms with van der Waals surface area (Å²) in [6.45, 7) is 11.1. The van der Waals surface area contributed by atoms with Crippen molar-refractivity contribution in [1.29, 1.82) is 0 Å². The Hall–Kier alpha value is -1.09. The summed E-state index contributed by atoms with van der Waals surface area (Å²) in [5.74, 6) is 1.12. The van der Waals surface area contributed by atoms with E-state index < -0.39 is 0 Å². The van der Waals surface area contributed by atoms with Gasteiger partial charge < -0.3 is 10.6 Å². The molecule has 0 spiro atoms. The highest BCUT2D eigenvalue weighted by Gasteiger charge is 2.11. The second-order valence-electron chi connectivity index (χ2n) is 6.33. The van der Waals surface area contributed by atoms with Crippen molar-refractivity contribution >= 4 is 5.69 Å². The molecule has 0 aliphatic heterocycles. The SMILES string of the molecule is CC(C)CCN(CCC(C)C)c1ccc(CN)c(F)c1. The summed E-state index contributed by atoms with van der Waals surface area (Å²) < 4.78 is 13.9. The van der Waals surface area contributed by atoms with E-state index in [4.69, 9.17) is 5.73 Å². The number of anilines is 1. The first-order valence-electron chi connectivity index (χ1n) is 7.67. The predicted molar refractivity (Wildman–Crippen MR) is 85.4 cm³/mol. The van der Waals surface area contributed by atoms with Gasteiger partial charge in [-0.2, -0.15) is 0 Å². The zero-order valence-electron chi connectivity index (χ0n) is 13.3. The maximum atomic E-state index is 13.9. The van der Waals surface area contributed by atoms with Gasteiger partial charge in [0.15, 0.2) is 0 Å². The molecule has 2 N–H and O–H groups in total. The van der Waals surface area contributed by atoms with Gasteiger partial charge in [0, 0.05) is 30.9 Å². The van der Waals surface area contributed by atoms with Crippen molar-refractivity contribution in [1.82, 2.24) is 0 Å². The van der Waals surface area contributed by atoms with Crippen LogP contribution in [0.25, 0.3) is 0 Å². The summed E-state index contributed by atoms with van der Waals surface area (Å²) in [4.78, 5) is 2.30. The van der Waals surface area contributed by atoms with Gasteiger partial charge in [0.05, 0.1) is 0 Å². The lowest BCUT2D eigenvalue weighted by molar-refractivity contribution is 0.534. The molecule has 0 aromatic heterocycles. The zero-order valence-corrected chi connectivity index (χ0v) is 13.3. The number of nitrogens with zero attached hydrogens (tertiary/aromatic N) is 1. The monoisotopic (exact) mass is 280 g/mol.